The van der Waals surface area contributed by atoms with Crippen LogP contribution in [0.15, 0.2) is 18.2 Å². The van der Waals surface area contributed by atoms with E-state index in [-0.39, 0.29) is 5.82 Å². The van der Waals surface area contributed by atoms with E-state index >= 15 is 0 Å². The third kappa shape index (κ3) is 3.98. The van der Waals surface area contributed by atoms with Gasteiger partial charge in [-0.25, -0.2) is 4.39 Å². The molecule has 0 amide bonds. The summed E-state index contributed by atoms with van der Waals surface area (Å²) in [5.41, 5.74) is 0.659. The fraction of sp³-hybridized carbons (Fsp3) is 0.455. The summed E-state index contributed by atoms with van der Waals surface area (Å²) in [5, 5.41) is 0.427. The first-order chi connectivity index (χ1) is 7.17. The van der Waals surface area contributed by atoms with Gasteiger partial charge in [-0.15, -0.1) is 11.6 Å². The van der Waals surface area contributed by atoms with Gasteiger partial charge in [0.25, 0.3) is 0 Å². The summed E-state index contributed by atoms with van der Waals surface area (Å²) < 4.78 is 13.4. The first-order valence-electron chi connectivity index (χ1n) is 4.89. The fourth-order valence-corrected chi connectivity index (χ4v) is 1.76. The Kier molecular flexibility index (Phi) is 5.37. The highest BCUT2D eigenvalue weighted by molar-refractivity contribution is 6.30. The molecule has 0 spiro atoms. The lowest BCUT2D eigenvalue weighted by Crippen LogP contribution is -2.25. The molecule has 1 aromatic carbocycles. The van der Waals surface area contributed by atoms with Crippen LogP contribution in [-0.4, -0.2) is 23.9 Å². The van der Waals surface area contributed by atoms with Crippen molar-refractivity contribution in [2.24, 2.45) is 0 Å². The van der Waals surface area contributed by atoms with E-state index in [0.29, 0.717) is 23.0 Å². The summed E-state index contributed by atoms with van der Waals surface area (Å²) in [5.74, 6) is 0.304. The second kappa shape index (κ2) is 6.31. The highest BCUT2D eigenvalue weighted by Crippen LogP contribution is 2.16. The van der Waals surface area contributed by atoms with Crippen LogP contribution in [0.1, 0.15) is 12.5 Å². The predicted octanol–water partition coefficient (Wildman–Crippen LogP) is 3.54. The van der Waals surface area contributed by atoms with Gasteiger partial charge in [-0.2, -0.15) is 0 Å². The summed E-state index contributed by atoms with van der Waals surface area (Å²) in [6.07, 6.45) is 0. The molecule has 4 heteroatoms. The summed E-state index contributed by atoms with van der Waals surface area (Å²) >= 11 is 11.3. The zero-order valence-corrected chi connectivity index (χ0v) is 10.2. The molecule has 1 nitrogen and oxygen atoms in total. The Morgan fingerprint density at radius 1 is 1.40 bits per heavy atom. The molecule has 1 aromatic rings. The number of rotatable bonds is 5. The monoisotopic (exact) mass is 249 g/mol. The zero-order chi connectivity index (χ0) is 11.3. The largest absolute Gasteiger partial charge is 0.298 e. The molecule has 84 valence electrons. The molecule has 0 heterocycles. The molecule has 15 heavy (non-hydrogen) atoms. The van der Waals surface area contributed by atoms with Crippen LogP contribution in [0.3, 0.4) is 0 Å². The van der Waals surface area contributed by atoms with Crippen molar-refractivity contribution in [3.8, 4) is 0 Å². The second-order valence-electron chi connectivity index (χ2n) is 3.29. The summed E-state index contributed by atoms with van der Waals surface area (Å²) in [6.45, 7) is 4.22. The number of hydrogen-bond donors (Lipinski definition) is 0. The summed E-state index contributed by atoms with van der Waals surface area (Å²) in [4.78, 5) is 2.08. The lowest BCUT2D eigenvalue weighted by molar-refractivity contribution is 0.293. The van der Waals surface area contributed by atoms with Gasteiger partial charge in [0.1, 0.15) is 5.82 Å². The number of halogens is 3. The van der Waals surface area contributed by atoms with E-state index in [9.17, 15) is 4.39 Å². The number of nitrogens with zero attached hydrogens (tertiary/aromatic N) is 1. The van der Waals surface area contributed by atoms with Crippen LogP contribution in [0.4, 0.5) is 4.39 Å². The second-order valence-corrected chi connectivity index (χ2v) is 4.11. The Morgan fingerprint density at radius 3 is 2.67 bits per heavy atom. The van der Waals surface area contributed by atoms with Crippen LogP contribution in [0.5, 0.6) is 0 Å². The minimum atomic E-state index is -0.254. The van der Waals surface area contributed by atoms with Gasteiger partial charge in [-0.3, -0.25) is 4.90 Å². The van der Waals surface area contributed by atoms with Gasteiger partial charge in [-0.05, 0) is 18.7 Å². The molecule has 0 unspecified atom stereocenters. The number of benzene rings is 1. The van der Waals surface area contributed by atoms with E-state index in [1.165, 1.54) is 6.07 Å². The maximum atomic E-state index is 13.4. The molecule has 0 N–H and O–H groups in total. The van der Waals surface area contributed by atoms with Gasteiger partial charge in [0.2, 0.25) is 0 Å². The Bertz CT molecular complexity index is 317. The Balaban J connectivity index is 2.70. The van der Waals surface area contributed by atoms with Crippen LogP contribution in [0.25, 0.3) is 0 Å². The maximum Gasteiger partial charge on any atom is 0.129 e. The maximum absolute atomic E-state index is 13.4. The molecule has 0 aliphatic carbocycles. The van der Waals surface area contributed by atoms with Gasteiger partial charge >= 0.3 is 0 Å². The van der Waals surface area contributed by atoms with Crippen LogP contribution >= 0.6 is 23.2 Å². The highest BCUT2D eigenvalue weighted by Gasteiger charge is 2.07. The normalized spacial score (nSPS) is 11.0. The van der Waals surface area contributed by atoms with Gasteiger partial charge in [0.15, 0.2) is 0 Å². The Hall–Kier alpha value is -0.310. The van der Waals surface area contributed by atoms with Crippen LogP contribution < -0.4 is 0 Å². The predicted molar refractivity (Wildman–Crippen MR) is 63.1 cm³/mol. The van der Waals surface area contributed by atoms with E-state index in [2.05, 4.69) is 4.90 Å². The van der Waals surface area contributed by atoms with Crippen LogP contribution in [0, 0.1) is 5.82 Å². The minimum absolute atomic E-state index is 0.254. The lowest BCUT2D eigenvalue weighted by Gasteiger charge is -2.19. The Morgan fingerprint density at radius 2 is 2.13 bits per heavy atom. The molecule has 0 aliphatic rings. The molecule has 0 saturated heterocycles. The topological polar surface area (TPSA) is 3.24 Å². The van der Waals surface area contributed by atoms with E-state index in [0.717, 1.165) is 13.1 Å². The molecule has 1 rings (SSSR count). The van der Waals surface area contributed by atoms with Crippen molar-refractivity contribution in [2.75, 3.05) is 19.0 Å². The molecular formula is C11H14Cl2FN. The standard InChI is InChI=1S/C11H14Cl2FN/c1-2-15(6-5-12)8-9-3-4-10(13)7-11(9)14/h3-4,7H,2,5-6,8H2,1H3. The first kappa shape index (κ1) is 12.8. The van der Waals surface area contributed by atoms with Crippen molar-refractivity contribution in [1.29, 1.82) is 0 Å². The smallest absolute Gasteiger partial charge is 0.129 e. The lowest BCUT2D eigenvalue weighted by atomic mass is 10.2. The first-order valence-corrected chi connectivity index (χ1v) is 5.81. The van der Waals surface area contributed by atoms with Crippen molar-refractivity contribution in [3.05, 3.63) is 34.6 Å². The molecule has 0 aliphatic heterocycles. The average Bonchev–Trinajstić information content (AvgIpc) is 2.21. The molecule has 0 radical (unpaired) electrons. The minimum Gasteiger partial charge on any atom is -0.298 e. The zero-order valence-electron chi connectivity index (χ0n) is 8.64. The van der Waals surface area contributed by atoms with Crippen molar-refractivity contribution in [3.63, 3.8) is 0 Å². The quantitative estimate of drug-likeness (QED) is 0.722. The van der Waals surface area contributed by atoms with Crippen molar-refractivity contribution in [1.82, 2.24) is 4.90 Å². The third-order valence-electron chi connectivity index (χ3n) is 2.26. The molecule has 0 fully saturated rings. The van der Waals surface area contributed by atoms with Gasteiger partial charge in [0, 0.05) is 29.6 Å². The van der Waals surface area contributed by atoms with E-state index in [1.807, 2.05) is 6.92 Å². The fourth-order valence-electron chi connectivity index (χ4n) is 1.36. The SMILES string of the molecule is CCN(CCCl)Cc1ccc(Cl)cc1F. The number of alkyl halides is 1. The van der Waals surface area contributed by atoms with Gasteiger partial charge in [0.05, 0.1) is 0 Å². The van der Waals surface area contributed by atoms with Crippen molar-refractivity contribution < 1.29 is 4.39 Å². The summed E-state index contributed by atoms with van der Waals surface area (Å²) in [7, 11) is 0. The van der Waals surface area contributed by atoms with Crippen molar-refractivity contribution in [2.45, 2.75) is 13.5 Å². The highest BCUT2D eigenvalue weighted by atomic mass is 35.5. The van der Waals surface area contributed by atoms with E-state index in [4.69, 9.17) is 23.2 Å². The van der Waals surface area contributed by atoms with Crippen LogP contribution in [0.2, 0.25) is 5.02 Å². The van der Waals surface area contributed by atoms with Gasteiger partial charge in [-0.1, -0.05) is 24.6 Å². The van der Waals surface area contributed by atoms with Crippen LogP contribution in [-0.2, 0) is 6.54 Å². The van der Waals surface area contributed by atoms with E-state index in [1.54, 1.807) is 12.1 Å². The Labute approximate surface area is 99.8 Å². The molecule has 0 aromatic heterocycles. The third-order valence-corrected chi connectivity index (χ3v) is 2.66. The van der Waals surface area contributed by atoms with Gasteiger partial charge < -0.3 is 0 Å². The average molecular weight is 250 g/mol. The molecule has 0 bridgehead atoms. The summed E-state index contributed by atoms with van der Waals surface area (Å²) in [6, 6.07) is 4.76. The molecule has 0 atom stereocenters. The van der Waals surface area contributed by atoms with Crippen molar-refractivity contribution >= 4 is 23.2 Å². The molecular weight excluding hydrogens is 236 g/mol. The molecule has 0 saturated carbocycles. The van der Waals surface area contributed by atoms with E-state index < -0.39 is 0 Å². The number of hydrogen-bond acceptors (Lipinski definition) is 1.